The first kappa shape index (κ1) is 21.0. The molecule has 1 saturated heterocycles. The number of carbonyl (C=O) groups excluding carboxylic acids is 1. The highest BCUT2D eigenvalue weighted by Gasteiger charge is 2.52. The van der Waals surface area contributed by atoms with Gasteiger partial charge in [-0.1, -0.05) is 24.3 Å². The van der Waals surface area contributed by atoms with Gasteiger partial charge < -0.3 is 20.2 Å². The van der Waals surface area contributed by atoms with Gasteiger partial charge in [0, 0.05) is 12.1 Å². The molecule has 0 radical (unpaired) electrons. The van der Waals surface area contributed by atoms with Crippen LogP contribution in [0.2, 0.25) is 0 Å². The Balaban J connectivity index is 1.60. The summed E-state index contributed by atoms with van der Waals surface area (Å²) in [4.78, 5) is 14.5. The third-order valence-corrected chi connectivity index (χ3v) is 5.61. The number of benzene rings is 3. The fraction of sp³-hybridized carbons (Fsp3) is 0.208. The van der Waals surface area contributed by atoms with Gasteiger partial charge in [0.2, 0.25) is 5.91 Å². The fourth-order valence-corrected chi connectivity index (χ4v) is 4.00. The predicted molar refractivity (Wildman–Crippen MR) is 110 cm³/mol. The molecule has 4 atom stereocenters. The molecule has 160 valence electrons. The zero-order chi connectivity index (χ0) is 22.1. The molecular formula is C24H21F2NO4. The van der Waals surface area contributed by atoms with Crippen molar-refractivity contribution in [3.05, 3.63) is 95.6 Å². The van der Waals surface area contributed by atoms with E-state index in [1.807, 2.05) is 0 Å². The number of phenolic OH excluding ortho intramolecular Hbond substituents is 1. The van der Waals surface area contributed by atoms with Crippen LogP contribution in [0.5, 0.6) is 5.75 Å². The lowest BCUT2D eigenvalue weighted by molar-refractivity contribution is -0.137. The number of aliphatic hydroxyl groups is 2. The van der Waals surface area contributed by atoms with Crippen molar-refractivity contribution in [3.63, 3.8) is 0 Å². The number of aromatic hydroxyl groups is 1. The standard InChI is InChI=1S/C24H21F2NO4/c25-16-5-1-14(2-6-16)20(29)13-21(30)22-23(15-3-11-19(28)12-4-15)27(24(22)31)18-9-7-17(26)8-10-18/h1-12,20-23,28-30H,13H2. The van der Waals surface area contributed by atoms with Crippen molar-refractivity contribution in [2.24, 2.45) is 5.92 Å². The average Bonchev–Trinajstić information content (AvgIpc) is 2.74. The number of halogens is 2. The first-order valence-electron chi connectivity index (χ1n) is 9.84. The van der Waals surface area contributed by atoms with Gasteiger partial charge in [0.25, 0.3) is 0 Å². The van der Waals surface area contributed by atoms with Crippen LogP contribution in [0.1, 0.15) is 29.7 Å². The van der Waals surface area contributed by atoms with Gasteiger partial charge >= 0.3 is 0 Å². The van der Waals surface area contributed by atoms with Gasteiger partial charge in [-0.2, -0.15) is 0 Å². The van der Waals surface area contributed by atoms with Crippen molar-refractivity contribution >= 4 is 11.6 Å². The molecule has 1 amide bonds. The van der Waals surface area contributed by atoms with Crippen molar-refractivity contribution in [2.45, 2.75) is 24.7 Å². The Morgan fingerprint density at radius 3 is 1.97 bits per heavy atom. The number of rotatable bonds is 6. The summed E-state index contributed by atoms with van der Waals surface area (Å²) in [6.07, 6.45) is -2.37. The first-order valence-corrected chi connectivity index (χ1v) is 9.84. The minimum atomic E-state index is -1.18. The second kappa shape index (κ2) is 8.45. The summed E-state index contributed by atoms with van der Waals surface area (Å²) in [5.74, 6) is -2.01. The van der Waals surface area contributed by atoms with Crippen LogP contribution < -0.4 is 4.90 Å². The fourth-order valence-electron chi connectivity index (χ4n) is 4.00. The molecular weight excluding hydrogens is 404 g/mol. The molecule has 4 rings (SSSR count). The molecule has 3 aromatic rings. The lowest BCUT2D eigenvalue weighted by atomic mass is 9.76. The summed E-state index contributed by atoms with van der Waals surface area (Å²) in [7, 11) is 0. The zero-order valence-corrected chi connectivity index (χ0v) is 16.4. The molecule has 7 heteroatoms. The lowest BCUT2D eigenvalue weighted by Gasteiger charge is -2.49. The molecule has 1 heterocycles. The molecule has 0 aliphatic carbocycles. The Bertz CT molecular complexity index is 1050. The second-order valence-corrected chi connectivity index (χ2v) is 7.62. The normalized spacial score (nSPS) is 20.3. The summed E-state index contributed by atoms with van der Waals surface area (Å²) in [6, 6.07) is 16.5. The van der Waals surface area contributed by atoms with Crippen LogP contribution in [0, 0.1) is 17.6 Å². The number of hydrogen-bond acceptors (Lipinski definition) is 4. The molecule has 1 aliphatic heterocycles. The van der Waals surface area contributed by atoms with Crippen LogP contribution >= 0.6 is 0 Å². The van der Waals surface area contributed by atoms with Crippen LogP contribution in [-0.2, 0) is 4.79 Å². The molecule has 4 unspecified atom stereocenters. The molecule has 31 heavy (non-hydrogen) atoms. The van der Waals surface area contributed by atoms with E-state index >= 15 is 0 Å². The smallest absolute Gasteiger partial charge is 0.235 e. The summed E-state index contributed by atoms with van der Waals surface area (Å²) in [5.41, 5.74) is 1.60. The van der Waals surface area contributed by atoms with Crippen molar-refractivity contribution < 1.29 is 28.9 Å². The SMILES string of the molecule is O=C1C(C(O)CC(O)c2ccc(F)cc2)C(c2ccc(O)cc2)N1c1ccc(F)cc1. The van der Waals surface area contributed by atoms with Crippen molar-refractivity contribution in [3.8, 4) is 5.75 Å². The minimum Gasteiger partial charge on any atom is -0.508 e. The number of aliphatic hydroxyl groups excluding tert-OH is 2. The number of carbonyl (C=O) groups is 1. The Labute approximate surface area is 177 Å². The van der Waals surface area contributed by atoms with E-state index in [2.05, 4.69) is 0 Å². The van der Waals surface area contributed by atoms with E-state index in [0.29, 0.717) is 16.8 Å². The Hall–Kier alpha value is -3.29. The third kappa shape index (κ3) is 4.15. The van der Waals surface area contributed by atoms with E-state index in [4.69, 9.17) is 0 Å². The van der Waals surface area contributed by atoms with Crippen LogP contribution in [0.15, 0.2) is 72.8 Å². The Morgan fingerprint density at radius 1 is 0.839 bits per heavy atom. The highest BCUT2D eigenvalue weighted by Crippen LogP contribution is 2.46. The van der Waals surface area contributed by atoms with E-state index in [1.165, 1.54) is 65.6 Å². The minimum absolute atomic E-state index is 0.0616. The van der Waals surface area contributed by atoms with Crippen LogP contribution in [0.3, 0.4) is 0 Å². The highest BCUT2D eigenvalue weighted by atomic mass is 19.1. The molecule has 1 aliphatic rings. The van der Waals surface area contributed by atoms with Crippen LogP contribution in [0.25, 0.3) is 0 Å². The van der Waals surface area contributed by atoms with E-state index in [-0.39, 0.29) is 18.1 Å². The number of phenols is 1. The number of amides is 1. The largest absolute Gasteiger partial charge is 0.508 e. The van der Waals surface area contributed by atoms with Gasteiger partial charge in [-0.15, -0.1) is 0 Å². The summed E-state index contributed by atoms with van der Waals surface area (Å²) in [5, 5.41) is 30.9. The number of anilines is 1. The molecule has 5 nitrogen and oxygen atoms in total. The molecule has 3 N–H and O–H groups in total. The second-order valence-electron chi connectivity index (χ2n) is 7.62. The molecule has 0 aromatic heterocycles. The van der Waals surface area contributed by atoms with Gasteiger partial charge in [0.05, 0.1) is 24.2 Å². The van der Waals surface area contributed by atoms with Gasteiger partial charge in [-0.3, -0.25) is 4.79 Å². The number of nitrogens with zero attached hydrogens (tertiary/aromatic N) is 1. The van der Waals surface area contributed by atoms with Crippen LogP contribution in [-0.4, -0.2) is 27.3 Å². The third-order valence-electron chi connectivity index (χ3n) is 5.61. The predicted octanol–water partition coefficient (Wildman–Crippen LogP) is 3.86. The maximum absolute atomic E-state index is 13.3. The lowest BCUT2D eigenvalue weighted by Crippen LogP contribution is -2.59. The molecule has 0 spiro atoms. The maximum Gasteiger partial charge on any atom is 0.235 e. The van der Waals surface area contributed by atoms with Crippen molar-refractivity contribution in [2.75, 3.05) is 4.90 Å². The maximum atomic E-state index is 13.3. The molecule has 0 bridgehead atoms. The zero-order valence-electron chi connectivity index (χ0n) is 16.4. The van der Waals surface area contributed by atoms with E-state index < -0.39 is 35.8 Å². The topological polar surface area (TPSA) is 81.0 Å². The van der Waals surface area contributed by atoms with Gasteiger partial charge in [0.1, 0.15) is 17.4 Å². The van der Waals surface area contributed by atoms with Crippen molar-refractivity contribution in [1.82, 2.24) is 0 Å². The first-order chi connectivity index (χ1) is 14.8. The Morgan fingerprint density at radius 2 is 1.39 bits per heavy atom. The number of β-lactam (4-membered cyclic amide) rings is 1. The summed E-state index contributed by atoms with van der Waals surface area (Å²) >= 11 is 0. The summed E-state index contributed by atoms with van der Waals surface area (Å²) in [6.45, 7) is 0. The van der Waals surface area contributed by atoms with Gasteiger partial charge in [0.15, 0.2) is 0 Å². The van der Waals surface area contributed by atoms with Crippen LogP contribution in [0.4, 0.5) is 14.5 Å². The number of hydrogen-bond donors (Lipinski definition) is 3. The van der Waals surface area contributed by atoms with Crippen molar-refractivity contribution in [1.29, 1.82) is 0 Å². The molecule has 3 aromatic carbocycles. The monoisotopic (exact) mass is 425 g/mol. The average molecular weight is 425 g/mol. The van der Waals surface area contributed by atoms with E-state index in [1.54, 1.807) is 12.1 Å². The van der Waals surface area contributed by atoms with Gasteiger partial charge in [-0.05, 0) is 59.7 Å². The summed E-state index contributed by atoms with van der Waals surface area (Å²) < 4.78 is 26.5. The quantitative estimate of drug-likeness (QED) is 0.524. The molecule has 1 fully saturated rings. The van der Waals surface area contributed by atoms with E-state index in [0.717, 1.165) is 0 Å². The van der Waals surface area contributed by atoms with E-state index in [9.17, 15) is 28.9 Å². The highest BCUT2D eigenvalue weighted by molar-refractivity contribution is 6.03. The Kier molecular flexibility index (Phi) is 5.71. The molecule has 0 saturated carbocycles. The van der Waals surface area contributed by atoms with Gasteiger partial charge in [-0.25, -0.2) is 8.78 Å².